The van der Waals surface area contributed by atoms with E-state index >= 15 is 0 Å². The summed E-state index contributed by atoms with van der Waals surface area (Å²) in [5, 5.41) is 6.00. The van der Waals surface area contributed by atoms with E-state index in [-0.39, 0.29) is 42.1 Å². The number of hydrogen-bond donors (Lipinski definition) is 2. The first kappa shape index (κ1) is 27.7. The van der Waals surface area contributed by atoms with E-state index in [1.165, 1.54) is 6.92 Å². The summed E-state index contributed by atoms with van der Waals surface area (Å²) in [6.07, 6.45) is 1.30. The molecular weight excluding hydrogens is 456 g/mol. The Bertz CT molecular complexity index is 984. The Morgan fingerprint density at radius 2 is 1.72 bits per heavy atom. The van der Waals surface area contributed by atoms with Crippen LogP contribution in [0.5, 0.6) is 0 Å². The van der Waals surface area contributed by atoms with E-state index in [0.717, 1.165) is 11.1 Å². The van der Waals surface area contributed by atoms with Crippen LogP contribution in [0.15, 0.2) is 24.3 Å². The second kappa shape index (κ2) is 11.0. The molecule has 198 valence electrons. The van der Waals surface area contributed by atoms with Crippen molar-refractivity contribution < 1.29 is 19.2 Å². The summed E-state index contributed by atoms with van der Waals surface area (Å²) in [6.45, 7) is 14.2. The van der Waals surface area contributed by atoms with Gasteiger partial charge in [0.15, 0.2) is 0 Å². The number of fused-ring (bicyclic) bond motifs is 1. The molecule has 3 rings (SSSR count). The van der Waals surface area contributed by atoms with Gasteiger partial charge in [0.25, 0.3) is 0 Å². The monoisotopic (exact) mass is 498 g/mol. The molecule has 36 heavy (non-hydrogen) atoms. The molecule has 0 bridgehead atoms. The number of nitrogens with one attached hydrogen (secondary N) is 2. The molecule has 1 aromatic rings. The van der Waals surface area contributed by atoms with Crippen molar-refractivity contribution in [2.24, 2.45) is 17.3 Å². The molecule has 2 heterocycles. The second-order valence-electron chi connectivity index (χ2n) is 11.5. The molecule has 8 nitrogen and oxygen atoms in total. The number of amides is 4. The number of aryl methyl sites for hydroxylation is 1. The molecule has 5 atom stereocenters. The van der Waals surface area contributed by atoms with Crippen molar-refractivity contribution in [3.05, 3.63) is 35.4 Å². The van der Waals surface area contributed by atoms with E-state index in [1.807, 2.05) is 65.8 Å². The summed E-state index contributed by atoms with van der Waals surface area (Å²) in [5.41, 5.74) is 1.63. The molecule has 0 saturated carbocycles. The average molecular weight is 499 g/mol. The predicted molar refractivity (Wildman–Crippen MR) is 139 cm³/mol. The lowest BCUT2D eigenvalue weighted by molar-refractivity contribution is -0.142. The zero-order chi connectivity index (χ0) is 26.8. The van der Waals surface area contributed by atoms with Gasteiger partial charge in [-0.25, -0.2) is 0 Å². The van der Waals surface area contributed by atoms with Crippen LogP contribution in [0, 0.1) is 24.2 Å². The Kier molecular flexibility index (Phi) is 8.47. The molecule has 0 spiro atoms. The van der Waals surface area contributed by atoms with Gasteiger partial charge in [0, 0.05) is 32.5 Å². The van der Waals surface area contributed by atoms with Gasteiger partial charge in [-0.3, -0.25) is 19.2 Å². The predicted octanol–water partition coefficient (Wildman–Crippen LogP) is 2.64. The number of carbonyl (C=O) groups excluding carboxylic acids is 4. The van der Waals surface area contributed by atoms with Gasteiger partial charge in [-0.1, -0.05) is 64.4 Å². The fraction of sp³-hybridized carbons (Fsp3) is 0.643. The van der Waals surface area contributed by atoms with Gasteiger partial charge in [-0.05, 0) is 30.7 Å². The van der Waals surface area contributed by atoms with Gasteiger partial charge in [0.1, 0.15) is 6.04 Å². The lowest BCUT2D eigenvalue weighted by Crippen LogP contribution is -2.58. The maximum absolute atomic E-state index is 13.9. The Balaban J connectivity index is 1.83. The molecule has 4 amide bonds. The second-order valence-corrected chi connectivity index (χ2v) is 11.5. The molecule has 2 aliphatic rings. The van der Waals surface area contributed by atoms with Crippen molar-refractivity contribution in [1.82, 2.24) is 20.4 Å². The maximum atomic E-state index is 13.9. The van der Waals surface area contributed by atoms with Crippen LogP contribution in [-0.2, 0) is 25.7 Å². The van der Waals surface area contributed by atoms with E-state index in [1.54, 1.807) is 9.80 Å². The first-order valence-electron chi connectivity index (χ1n) is 13.1. The Labute approximate surface area is 215 Å². The summed E-state index contributed by atoms with van der Waals surface area (Å²) >= 11 is 0. The zero-order valence-electron chi connectivity index (χ0n) is 22.8. The number of rotatable bonds is 7. The minimum Gasteiger partial charge on any atom is -0.352 e. The van der Waals surface area contributed by atoms with Gasteiger partial charge >= 0.3 is 0 Å². The highest BCUT2D eigenvalue weighted by atomic mass is 16.2. The lowest BCUT2D eigenvalue weighted by atomic mass is 9.84. The number of nitrogens with zero attached hydrogens (tertiary/aromatic N) is 2. The smallest absolute Gasteiger partial charge is 0.246 e. The normalized spacial score (nSPS) is 23.1. The largest absolute Gasteiger partial charge is 0.352 e. The van der Waals surface area contributed by atoms with Crippen LogP contribution in [0.25, 0.3) is 0 Å². The Morgan fingerprint density at radius 3 is 2.28 bits per heavy atom. The van der Waals surface area contributed by atoms with Crippen LogP contribution in [0.2, 0.25) is 0 Å². The summed E-state index contributed by atoms with van der Waals surface area (Å²) in [6, 6.07) is 6.63. The van der Waals surface area contributed by atoms with Gasteiger partial charge < -0.3 is 20.4 Å². The third kappa shape index (κ3) is 5.90. The van der Waals surface area contributed by atoms with Crippen LogP contribution in [-0.4, -0.2) is 64.6 Å². The number of carbonyl (C=O) groups is 4. The van der Waals surface area contributed by atoms with Crippen molar-refractivity contribution >= 4 is 23.6 Å². The van der Waals surface area contributed by atoms with Crippen molar-refractivity contribution in [3.8, 4) is 0 Å². The van der Waals surface area contributed by atoms with E-state index < -0.39 is 23.4 Å². The number of hydrogen-bond acceptors (Lipinski definition) is 4. The molecule has 8 heteroatoms. The van der Waals surface area contributed by atoms with Gasteiger partial charge in [-0.2, -0.15) is 0 Å². The highest BCUT2D eigenvalue weighted by molar-refractivity contribution is 5.91. The fourth-order valence-electron chi connectivity index (χ4n) is 5.25. The summed E-state index contributed by atoms with van der Waals surface area (Å²) in [4.78, 5) is 55.9. The molecule has 2 aliphatic heterocycles. The highest BCUT2D eigenvalue weighted by Crippen LogP contribution is 2.37. The Hall–Kier alpha value is -2.90. The zero-order valence-corrected chi connectivity index (χ0v) is 22.8. The van der Waals surface area contributed by atoms with Crippen molar-refractivity contribution in [1.29, 1.82) is 0 Å². The van der Waals surface area contributed by atoms with Crippen molar-refractivity contribution in [2.75, 3.05) is 13.1 Å². The average Bonchev–Trinajstić information content (AvgIpc) is 3.41. The van der Waals surface area contributed by atoms with E-state index in [4.69, 9.17) is 0 Å². The molecule has 0 radical (unpaired) electrons. The third-order valence-corrected chi connectivity index (χ3v) is 7.70. The lowest BCUT2D eigenvalue weighted by Gasteiger charge is -2.37. The first-order valence-corrected chi connectivity index (χ1v) is 13.1. The van der Waals surface area contributed by atoms with Crippen molar-refractivity contribution in [3.63, 3.8) is 0 Å². The topological polar surface area (TPSA) is 98.8 Å². The van der Waals surface area contributed by atoms with Crippen LogP contribution >= 0.6 is 0 Å². The van der Waals surface area contributed by atoms with Crippen LogP contribution in [0.3, 0.4) is 0 Å². The molecule has 0 aliphatic carbocycles. The van der Waals surface area contributed by atoms with Gasteiger partial charge in [0.2, 0.25) is 23.6 Å². The van der Waals surface area contributed by atoms with Crippen molar-refractivity contribution in [2.45, 2.75) is 86.0 Å². The van der Waals surface area contributed by atoms with Crippen LogP contribution < -0.4 is 10.6 Å². The molecule has 2 fully saturated rings. The fourth-order valence-corrected chi connectivity index (χ4v) is 5.25. The minimum absolute atomic E-state index is 0.0921. The number of likely N-dealkylation sites (tertiary alicyclic amines) is 2. The molecule has 0 aromatic heterocycles. The van der Waals surface area contributed by atoms with Gasteiger partial charge in [-0.15, -0.1) is 0 Å². The van der Waals surface area contributed by atoms with E-state index in [2.05, 4.69) is 10.6 Å². The summed E-state index contributed by atoms with van der Waals surface area (Å²) in [7, 11) is 0. The first-order chi connectivity index (χ1) is 16.8. The Morgan fingerprint density at radius 1 is 1.08 bits per heavy atom. The highest BCUT2D eigenvalue weighted by Gasteiger charge is 2.54. The standard InChI is InChI=1S/C28H42N4O4/c1-8-18(3)25(34)30-24(28(5,6)7)27(36)31-14-13-22-23(31)21(16-32(22)19(4)33)26(35)29-15-20-11-9-17(2)10-12-20/h9-12,18,21-24H,8,13-16H2,1-7H3,(H,29,35)(H,30,34)/t18-,21+,22-,23-,24-/m1/s1. The third-order valence-electron chi connectivity index (χ3n) is 7.70. The van der Waals surface area contributed by atoms with E-state index in [0.29, 0.717) is 25.9 Å². The molecule has 2 N–H and O–H groups in total. The van der Waals surface area contributed by atoms with Gasteiger partial charge in [0.05, 0.1) is 18.0 Å². The minimum atomic E-state index is -0.722. The van der Waals surface area contributed by atoms with Crippen LogP contribution in [0.1, 0.15) is 65.5 Å². The molecule has 0 unspecified atom stereocenters. The summed E-state index contributed by atoms with van der Waals surface area (Å²) < 4.78 is 0. The van der Waals surface area contributed by atoms with E-state index in [9.17, 15) is 19.2 Å². The maximum Gasteiger partial charge on any atom is 0.246 e. The summed E-state index contributed by atoms with van der Waals surface area (Å²) in [5.74, 6) is -1.31. The van der Waals surface area contributed by atoms with Crippen LogP contribution in [0.4, 0.5) is 0 Å². The molecular formula is C28H42N4O4. The molecule has 1 aromatic carbocycles. The number of benzene rings is 1. The molecule has 2 saturated heterocycles. The SMILES string of the molecule is CC[C@@H](C)C(=O)N[C@H](C(=O)N1CC[C@@H]2[C@H]1[C@@H](C(=O)NCc1ccc(C)cc1)CN2C(C)=O)C(C)(C)C. The quantitative estimate of drug-likeness (QED) is 0.604.